The number of fused-ring (bicyclic) bond motifs is 3. The van der Waals surface area contributed by atoms with Crippen LogP contribution in [0.4, 0.5) is 0 Å². The predicted molar refractivity (Wildman–Crippen MR) is 93.3 cm³/mol. The minimum absolute atomic E-state index is 0.0162. The molecule has 134 valence electrons. The van der Waals surface area contributed by atoms with Crippen molar-refractivity contribution in [2.24, 2.45) is 28.1 Å². The van der Waals surface area contributed by atoms with E-state index in [0.717, 1.165) is 56.9 Å². The lowest BCUT2D eigenvalue weighted by Gasteiger charge is -2.63. The van der Waals surface area contributed by atoms with Crippen molar-refractivity contribution in [1.82, 2.24) is 0 Å². The molecule has 6 atom stereocenters. The van der Waals surface area contributed by atoms with E-state index >= 15 is 0 Å². The zero-order valence-corrected chi connectivity index (χ0v) is 15.5. The molecule has 1 spiro atoms. The first kappa shape index (κ1) is 16.6. The minimum Gasteiger partial charge on any atom is -0.469 e. The third kappa shape index (κ3) is 1.85. The molecule has 0 amide bonds. The summed E-state index contributed by atoms with van der Waals surface area (Å²) >= 11 is 0. The van der Waals surface area contributed by atoms with Crippen LogP contribution in [0.5, 0.6) is 0 Å². The van der Waals surface area contributed by atoms with Gasteiger partial charge in [0.05, 0.1) is 18.1 Å². The first-order valence-electron chi connectivity index (χ1n) is 9.69. The monoisotopic (exact) mass is 332 g/mol. The zero-order valence-electron chi connectivity index (χ0n) is 15.5. The maximum absolute atomic E-state index is 12.6. The lowest BCUT2D eigenvalue weighted by Crippen LogP contribution is -2.59. The Balaban J connectivity index is 1.74. The van der Waals surface area contributed by atoms with Crippen molar-refractivity contribution in [3.63, 3.8) is 0 Å². The van der Waals surface area contributed by atoms with E-state index in [9.17, 15) is 9.90 Å². The second-order valence-corrected chi connectivity index (χ2v) is 9.80. The molecule has 1 N–H and O–H groups in total. The van der Waals surface area contributed by atoms with Crippen molar-refractivity contribution in [2.45, 2.75) is 77.2 Å². The van der Waals surface area contributed by atoms with Gasteiger partial charge in [-0.05, 0) is 86.5 Å². The summed E-state index contributed by atoms with van der Waals surface area (Å²) in [4.78, 5) is 12.6. The van der Waals surface area contributed by atoms with Gasteiger partial charge in [0.25, 0.3) is 0 Å². The molecule has 0 heterocycles. The van der Waals surface area contributed by atoms with Crippen LogP contribution in [0.1, 0.15) is 71.6 Å². The van der Waals surface area contributed by atoms with Gasteiger partial charge in [-0.1, -0.05) is 19.9 Å². The van der Waals surface area contributed by atoms with Gasteiger partial charge in [-0.25, -0.2) is 0 Å². The predicted octanol–water partition coefficient (Wildman–Crippen LogP) is 4.24. The molecule has 0 radical (unpaired) electrons. The molecule has 3 heteroatoms. The van der Waals surface area contributed by atoms with Gasteiger partial charge in [-0.15, -0.1) is 0 Å². The Labute approximate surface area is 145 Å². The van der Waals surface area contributed by atoms with Crippen LogP contribution in [0.3, 0.4) is 0 Å². The number of hydrogen-bond acceptors (Lipinski definition) is 3. The van der Waals surface area contributed by atoms with Gasteiger partial charge < -0.3 is 9.84 Å². The minimum atomic E-state index is -0.611. The van der Waals surface area contributed by atoms with Gasteiger partial charge in [0.2, 0.25) is 0 Å². The van der Waals surface area contributed by atoms with E-state index in [1.54, 1.807) is 0 Å². The fourth-order valence-electron chi connectivity index (χ4n) is 7.83. The van der Waals surface area contributed by atoms with Crippen molar-refractivity contribution < 1.29 is 14.6 Å². The average molecular weight is 332 g/mol. The molecule has 4 saturated carbocycles. The topological polar surface area (TPSA) is 46.5 Å². The largest absolute Gasteiger partial charge is 0.469 e. The number of carbonyl (C=O) groups excluding carboxylic acids is 1. The first-order valence-corrected chi connectivity index (χ1v) is 9.69. The van der Waals surface area contributed by atoms with Gasteiger partial charge in [0.15, 0.2) is 0 Å². The SMILES string of the molecule is C=C1CC23CC[C@H]4C(C)(CCC[C@@]4(C)C(=O)OC)[C@@H]2CCC1(O)C3. The van der Waals surface area contributed by atoms with Gasteiger partial charge in [-0.3, -0.25) is 4.79 Å². The number of hydrogen-bond donors (Lipinski definition) is 1. The van der Waals surface area contributed by atoms with Crippen molar-refractivity contribution in [1.29, 1.82) is 0 Å². The maximum Gasteiger partial charge on any atom is 0.311 e. The molecular formula is C21H32O3. The van der Waals surface area contributed by atoms with Gasteiger partial charge in [-0.2, -0.15) is 0 Å². The van der Waals surface area contributed by atoms with Crippen molar-refractivity contribution in [2.75, 3.05) is 7.11 Å². The second-order valence-electron chi connectivity index (χ2n) is 9.80. The van der Waals surface area contributed by atoms with Crippen LogP contribution >= 0.6 is 0 Å². The molecular weight excluding hydrogens is 300 g/mol. The molecule has 0 aromatic heterocycles. The average Bonchev–Trinajstić information content (AvgIpc) is 2.70. The molecule has 0 saturated heterocycles. The van der Waals surface area contributed by atoms with Crippen LogP contribution in [0.2, 0.25) is 0 Å². The highest BCUT2D eigenvalue weighted by Crippen LogP contribution is 2.72. The lowest BCUT2D eigenvalue weighted by molar-refractivity contribution is -0.188. The zero-order chi connectivity index (χ0) is 17.4. The summed E-state index contributed by atoms with van der Waals surface area (Å²) in [6.07, 6.45) is 9.32. The van der Waals surface area contributed by atoms with Crippen molar-refractivity contribution >= 4 is 5.97 Å². The quantitative estimate of drug-likeness (QED) is 0.577. The first-order chi connectivity index (χ1) is 11.2. The summed E-state index contributed by atoms with van der Waals surface area (Å²) in [5.41, 5.74) is 0.528. The highest BCUT2D eigenvalue weighted by atomic mass is 16.5. The molecule has 4 rings (SSSR count). The molecule has 0 aromatic carbocycles. The summed E-state index contributed by atoms with van der Waals surface area (Å²) in [5, 5.41) is 11.0. The van der Waals surface area contributed by atoms with Crippen LogP contribution in [-0.4, -0.2) is 23.8 Å². The van der Waals surface area contributed by atoms with Gasteiger partial charge in [0.1, 0.15) is 0 Å². The highest BCUT2D eigenvalue weighted by Gasteiger charge is 2.67. The van der Waals surface area contributed by atoms with E-state index in [1.165, 1.54) is 13.5 Å². The summed E-state index contributed by atoms with van der Waals surface area (Å²) in [6.45, 7) is 8.81. The molecule has 24 heavy (non-hydrogen) atoms. The molecule has 4 fully saturated rings. The Morgan fingerprint density at radius 3 is 2.58 bits per heavy atom. The van der Waals surface area contributed by atoms with Gasteiger partial charge in [0, 0.05) is 0 Å². The highest BCUT2D eigenvalue weighted by molar-refractivity contribution is 5.77. The molecule has 3 nitrogen and oxygen atoms in total. The molecule has 4 aliphatic rings. The third-order valence-corrected chi connectivity index (χ3v) is 8.81. The van der Waals surface area contributed by atoms with E-state index in [1.807, 2.05) is 0 Å². The van der Waals surface area contributed by atoms with Crippen LogP contribution in [0, 0.1) is 28.1 Å². The molecule has 3 unspecified atom stereocenters. The molecule has 4 aliphatic carbocycles. The molecule has 0 aromatic rings. The number of aliphatic hydroxyl groups is 1. The van der Waals surface area contributed by atoms with Crippen molar-refractivity contribution in [3.8, 4) is 0 Å². The smallest absolute Gasteiger partial charge is 0.311 e. The van der Waals surface area contributed by atoms with Gasteiger partial charge >= 0.3 is 5.97 Å². The Morgan fingerprint density at radius 2 is 1.88 bits per heavy atom. The van der Waals surface area contributed by atoms with E-state index < -0.39 is 5.60 Å². The van der Waals surface area contributed by atoms with Crippen molar-refractivity contribution in [3.05, 3.63) is 12.2 Å². The van der Waals surface area contributed by atoms with E-state index in [0.29, 0.717) is 11.8 Å². The fraction of sp³-hybridized carbons (Fsp3) is 0.857. The Kier molecular flexibility index (Phi) is 3.37. The normalized spacial score (nSPS) is 53.2. The van der Waals surface area contributed by atoms with Crippen LogP contribution < -0.4 is 0 Å². The second kappa shape index (κ2) is 4.87. The lowest BCUT2D eigenvalue weighted by atomic mass is 9.41. The fourth-order valence-corrected chi connectivity index (χ4v) is 7.83. The number of rotatable bonds is 1. The third-order valence-electron chi connectivity index (χ3n) is 8.81. The van der Waals surface area contributed by atoms with E-state index in [-0.39, 0.29) is 22.2 Å². The number of ether oxygens (including phenoxy) is 1. The van der Waals surface area contributed by atoms with Crippen LogP contribution in [0.25, 0.3) is 0 Å². The molecule has 2 bridgehead atoms. The Bertz CT molecular complexity index is 598. The van der Waals surface area contributed by atoms with Crippen LogP contribution in [-0.2, 0) is 9.53 Å². The summed E-state index contributed by atoms with van der Waals surface area (Å²) in [7, 11) is 1.53. The van der Waals surface area contributed by atoms with Crippen LogP contribution in [0.15, 0.2) is 12.2 Å². The summed E-state index contributed by atoms with van der Waals surface area (Å²) in [5.74, 6) is 0.993. The summed E-state index contributed by atoms with van der Waals surface area (Å²) in [6, 6.07) is 0. The maximum atomic E-state index is 12.6. The Hall–Kier alpha value is -0.830. The standard InChI is InChI=1S/C21H32O3/c1-14-12-20-10-6-15-18(2,16(20)7-11-21(14,23)13-20)8-5-9-19(15,3)17(22)24-4/h15-16,23H,1,5-13H2,2-4H3/t15-,16-,18?,19+,20?,21?/m0/s1. The van der Waals surface area contributed by atoms with E-state index in [2.05, 4.69) is 20.4 Å². The molecule has 0 aliphatic heterocycles. The number of carbonyl (C=O) groups is 1. The number of methoxy groups -OCH3 is 1. The summed E-state index contributed by atoms with van der Waals surface area (Å²) < 4.78 is 5.22. The Morgan fingerprint density at radius 1 is 1.17 bits per heavy atom. The number of esters is 1. The van der Waals surface area contributed by atoms with E-state index in [4.69, 9.17) is 4.74 Å².